The normalized spacial score (nSPS) is 37.8. The van der Waals surface area contributed by atoms with E-state index in [1.165, 1.54) is 11.9 Å². The molecule has 11 heavy (non-hydrogen) atoms. The first-order valence-corrected chi connectivity index (χ1v) is 5.66. The largest absolute Gasteiger partial charge is 0.303 e. The van der Waals surface area contributed by atoms with E-state index in [4.69, 9.17) is 0 Å². The number of likely N-dealkylation sites (tertiary alicyclic amines) is 1. The van der Waals surface area contributed by atoms with E-state index in [0.29, 0.717) is 0 Å². The summed E-state index contributed by atoms with van der Waals surface area (Å²) >= 11 is -1.30. The maximum atomic E-state index is 13.3. The quantitative estimate of drug-likeness (QED) is 0.521. The Balaban J connectivity index is 2.89. The molecule has 1 heterocycles. The Labute approximate surface area is 73.3 Å². The number of hydrogen-bond acceptors (Lipinski definition) is 1. The second-order valence-corrected chi connectivity index (χ2v) is 5.19. The van der Waals surface area contributed by atoms with Gasteiger partial charge in [-0.3, -0.25) is 4.90 Å². The van der Waals surface area contributed by atoms with Gasteiger partial charge < -0.3 is 0 Å². The van der Waals surface area contributed by atoms with E-state index in [0.717, 1.165) is 0 Å². The summed E-state index contributed by atoms with van der Waals surface area (Å²) in [5.74, 6) is -3.18. The molecule has 0 aliphatic carbocycles. The van der Waals surface area contributed by atoms with Gasteiger partial charge in [-0.1, -0.05) is 25.2 Å². The van der Waals surface area contributed by atoms with Gasteiger partial charge >= 0.3 is 5.92 Å². The summed E-state index contributed by atoms with van der Waals surface area (Å²) in [5.41, 5.74) is 0. The fourth-order valence-corrected chi connectivity index (χ4v) is 2.66. The van der Waals surface area contributed by atoms with Crippen LogP contribution in [0.4, 0.5) is 13.2 Å². The van der Waals surface area contributed by atoms with Gasteiger partial charge in [-0.15, -0.1) is 0 Å². The molecule has 66 valence electrons. The highest BCUT2D eigenvalue weighted by atomic mass is 127. The standard InChI is InChI=1S/C6H9F3IN/c1-10-6(9)4-11(2)3-5(6,7)8/h1,3-4H2,2H3. The van der Waals surface area contributed by atoms with E-state index in [1.54, 1.807) is 0 Å². The molecule has 0 aromatic heterocycles. The molecule has 0 aromatic rings. The van der Waals surface area contributed by atoms with Crippen LogP contribution in [0.5, 0.6) is 0 Å². The molecule has 0 N–H and O–H groups in total. The van der Waals surface area contributed by atoms with Crippen LogP contribution in [0.3, 0.4) is 0 Å². The smallest absolute Gasteiger partial charge is 0.296 e. The molecule has 1 unspecified atom stereocenters. The Morgan fingerprint density at radius 3 is 2.09 bits per heavy atom. The van der Waals surface area contributed by atoms with Gasteiger partial charge in [0.1, 0.15) is 0 Å². The maximum Gasteiger partial charge on any atom is 0.303 e. The number of hydrogen-bond donors (Lipinski definition) is 0. The molecule has 0 spiro atoms. The highest BCUT2D eigenvalue weighted by molar-refractivity contribution is 14.2. The highest BCUT2D eigenvalue weighted by Gasteiger charge is 2.59. The van der Waals surface area contributed by atoms with Crippen LogP contribution in [0.2, 0.25) is 0 Å². The molecule has 1 aliphatic heterocycles. The summed E-state index contributed by atoms with van der Waals surface area (Å²) in [7, 11) is 1.49. The van der Waals surface area contributed by atoms with Crippen molar-refractivity contribution in [3.8, 4) is 0 Å². The molecule has 1 saturated heterocycles. The summed E-state index contributed by atoms with van der Waals surface area (Å²) < 4.78 is 39.9. The van der Waals surface area contributed by atoms with Gasteiger partial charge in [0.15, 0.2) is 0 Å². The van der Waals surface area contributed by atoms with E-state index in [2.05, 4.69) is 4.51 Å². The van der Waals surface area contributed by atoms with Gasteiger partial charge in [-0.05, 0) is 7.05 Å². The monoisotopic (exact) mass is 279 g/mol. The van der Waals surface area contributed by atoms with Crippen molar-refractivity contribution in [2.24, 2.45) is 0 Å². The molecule has 1 rings (SSSR count). The zero-order chi connectivity index (χ0) is 8.70. The van der Waals surface area contributed by atoms with Gasteiger partial charge in [0.05, 0.1) is 6.54 Å². The average Bonchev–Trinajstić information content (AvgIpc) is 2.03. The van der Waals surface area contributed by atoms with Crippen molar-refractivity contribution >= 4 is 25.2 Å². The third-order valence-corrected chi connectivity index (χ3v) is 4.02. The van der Waals surface area contributed by atoms with Crippen LogP contribution >= 0.6 is 20.7 Å². The van der Waals surface area contributed by atoms with Gasteiger partial charge in [0.25, 0.3) is 0 Å². The number of rotatable bonds is 1. The van der Waals surface area contributed by atoms with Crippen molar-refractivity contribution in [2.45, 2.75) is 9.60 Å². The molecule has 1 fully saturated rings. The van der Waals surface area contributed by atoms with Gasteiger partial charge in [-0.25, -0.2) is 13.2 Å². The minimum absolute atomic E-state index is 0.170. The van der Waals surface area contributed by atoms with Crippen molar-refractivity contribution < 1.29 is 13.2 Å². The molecule has 0 radical (unpaired) electrons. The van der Waals surface area contributed by atoms with E-state index in [1.807, 2.05) is 0 Å². The highest BCUT2D eigenvalue weighted by Crippen LogP contribution is 2.46. The van der Waals surface area contributed by atoms with Crippen LogP contribution in [0.25, 0.3) is 0 Å². The van der Waals surface area contributed by atoms with Crippen LogP contribution in [0.15, 0.2) is 0 Å². The lowest BCUT2D eigenvalue weighted by atomic mass is 10.3. The second kappa shape index (κ2) is 2.69. The van der Waals surface area contributed by atoms with E-state index in [9.17, 15) is 13.2 Å². The molecule has 0 bridgehead atoms. The van der Waals surface area contributed by atoms with Crippen LogP contribution in [0, 0.1) is 0 Å². The van der Waals surface area contributed by atoms with E-state index >= 15 is 0 Å². The van der Waals surface area contributed by atoms with Gasteiger partial charge in [0.2, 0.25) is 3.68 Å². The Kier molecular flexibility index (Phi) is 2.31. The zero-order valence-corrected chi connectivity index (χ0v) is 8.24. The van der Waals surface area contributed by atoms with Crippen molar-refractivity contribution in [3.05, 3.63) is 0 Å². The lowest BCUT2D eigenvalue weighted by molar-refractivity contribution is -0.0468. The average molecular weight is 279 g/mol. The van der Waals surface area contributed by atoms with Crippen LogP contribution in [-0.4, -0.2) is 39.1 Å². The van der Waals surface area contributed by atoms with Crippen LogP contribution in [0.1, 0.15) is 0 Å². The third-order valence-electron chi connectivity index (χ3n) is 1.68. The lowest BCUT2D eigenvalue weighted by Crippen LogP contribution is -2.37. The fourth-order valence-electron chi connectivity index (χ4n) is 1.11. The SMILES string of the molecule is C=IC1(F)CN(C)CC1(F)F. The Bertz CT molecular complexity index is 185. The summed E-state index contributed by atoms with van der Waals surface area (Å²) in [5, 5.41) is 0. The van der Waals surface area contributed by atoms with E-state index in [-0.39, 0.29) is 6.54 Å². The molecular weight excluding hydrogens is 270 g/mol. The molecule has 5 heteroatoms. The summed E-state index contributed by atoms with van der Waals surface area (Å²) in [6, 6.07) is 0. The summed E-state index contributed by atoms with van der Waals surface area (Å²) in [6.45, 7) is -0.643. The predicted octanol–water partition coefficient (Wildman–Crippen LogP) is 1.64. The number of halogens is 4. The summed E-state index contributed by atoms with van der Waals surface area (Å²) in [4.78, 5) is 1.31. The fraction of sp³-hybridized carbons (Fsp3) is 0.833. The maximum absolute atomic E-state index is 13.3. The van der Waals surface area contributed by atoms with Crippen LogP contribution in [-0.2, 0) is 0 Å². The van der Waals surface area contributed by atoms with Crippen molar-refractivity contribution in [2.75, 3.05) is 20.1 Å². The first-order valence-electron chi connectivity index (χ1n) is 3.06. The molecular formula is C6H9F3IN. The van der Waals surface area contributed by atoms with Crippen molar-refractivity contribution in [1.29, 1.82) is 0 Å². The second-order valence-electron chi connectivity index (χ2n) is 2.71. The predicted molar refractivity (Wildman–Crippen MR) is 47.4 cm³/mol. The topological polar surface area (TPSA) is 3.24 Å². The molecule has 1 aliphatic rings. The molecule has 0 saturated carbocycles. The first kappa shape index (κ1) is 9.44. The van der Waals surface area contributed by atoms with Crippen molar-refractivity contribution in [3.63, 3.8) is 0 Å². The lowest BCUT2D eigenvalue weighted by Gasteiger charge is -2.20. The first-order chi connectivity index (χ1) is 4.91. The number of alkyl halides is 4. The molecule has 0 aromatic carbocycles. The van der Waals surface area contributed by atoms with Crippen molar-refractivity contribution in [1.82, 2.24) is 4.90 Å². The van der Waals surface area contributed by atoms with Gasteiger partial charge in [0, 0.05) is 6.54 Å². The van der Waals surface area contributed by atoms with E-state index < -0.39 is 36.9 Å². The Morgan fingerprint density at radius 1 is 1.36 bits per heavy atom. The number of nitrogens with zero attached hydrogens (tertiary/aromatic N) is 1. The minimum atomic E-state index is -3.18. The van der Waals surface area contributed by atoms with Gasteiger partial charge in [-0.2, -0.15) is 0 Å². The Hall–Kier alpha value is 0.350. The molecule has 1 atom stereocenters. The molecule has 0 amide bonds. The zero-order valence-electron chi connectivity index (χ0n) is 6.08. The third kappa shape index (κ3) is 1.44. The summed E-state index contributed by atoms with van der Waals surface area (Å²) in [6.07, 6.45) is 0. The van der Waals surface area contributed by atoms with Crippen LogP contribution < -0.4 is 0 Å². The molecule has 1 nitrogen and oxygen atoms in total. The Morgan fingerprint density at radius 2 is 1.91 bits per heavy atom. The minimum Gasteiger partial charge on any atom is -0.296 e.